The van der Waals surface area contributed by atoms with Gasteiger partial charge in [0.15, 0.2) is 0 Å². The Bertz CT molecular complexity index is 729. The van der Waals surface area contributed by atoms with E-state index >= 15 is 0 Å². The molecule has 1 heterocycles. The van der Waals surface area contributed by atoms with Crippen LogP contribution in [0.1, 0.15) is 11.1 Å². The Balaban J connectivity index is 1.89. The van der Waals surface area contributed by atoms with Crippen molar-refractivity contribution in [3.05, 3.63) is 47.5 Å². The number of hydrogen-bond acceptors (Lipinski definition) is 4. The van der Waals surface area contributed by atoms with E-state index in [-0.39, 0.29) is 5.91 Å². The number of carbonyl (C=O) groups is 1. The van der Waals surface area contributed by atoms with Gasteiger partial charge in [-0.2, -0.15) is 5.26 Å². The van der Waals surface area contributed by atoms with E-state index in [1.165, 1.54) is 0 Å². The topological polar surface area (TPSA) is 90.9 Å². The maximum absolute atomic E-state index is 11.3. The lowest BCUT2D eigenvalue weighted by atomic mass is 10.1. The second-order valence-electron chi connectivity index (χ2n) is 4.64. The third-order valence-electron chi connectivity index (χ3n) is 3.19. The van der Waals surface area contributed by atoms with Crippen LogP contribution in [0.2, 0.25) is 0 Å². The van der Waals surface area contributed by atoms with Gasteiger partial charge < -0.3 is 16.4 Å². The van der Waals surface area contributed by atoms with Gasteiger partial charge in [0.2, 0.25) is 5.91 Å². The molecule has 0 unspecified atom stereocenters. The molecule has 3 rings (SSSR count). The van der Waals surface area contributed by atoms with E-state index in [4.69, 9.17) is 11.0 Å². The summed E-state index contributed by atoms with van der Waals surface area (Å²) in [5.41, 5.74) is 10.5. The molecule has 2 aromatic rings. The number of nitrogens with one attached hydrogen (secondary N) is 2. The van der Waals surface area contributed by atoms with E-state index in [0.29, 0.717) is 17.7 Å². The normalized spacial score (nSPS) is 12.4. The van der Waals surface area contributed by atoms with Gasteiger partial charge in [-0.25, -0.2) is 0 Å². The highest BCUT2D eigenvalue weighted by atomic mass is 16.1. The monoisotopic (exact) mass is 264 g/mol. The van der Waals surface area contributed by atoms with Crippen LogP contribution in [0, 0.1) is 11.3 Å². The number of nitriles is 1. The number of hydrogen-bond donors (Lipinski definition) is 3. The molecule has 0 radical (unpaired) electrons. The predicted octanol–water partition coefficient (Wildman–Crippen LogP) is 2.38. The van der Waals surface area contributed by atoms with Crippen LogP contribution in [-0.4, -0.2) is 5.91 Å². The lowest BCUT2D eigenvalue weighted by molar-refractivity contribution is -0.115. The molecule has 0 saturated heterocycles. The van der Waals surface area contributed by atoms with Crippen LogP contribution in [0.3, 0.4) is 0 Å². The van der Waals surface area contributed by atoms with Gasteiger partial charge in [-0.15, -0.1) is 0 Å². The fourth-order valence-corrected chi connectivity index (χ4v) is 2.19. The van der Waals surface area contributed by atoms with E-state index < -0.39 is 0 Å². The second kappa shape index (κ2) is 4.59. The number of rotatable bonds is 2. The average molecular weight is 264 g/mol. The van der Waals surface area contributed by atoms with Gasteiger partial charge in [-0.05, 0) is 42.0 Å². The number of fused-ring (bicyclic) bond motifs is 1. The first-order valence-corrected chi connectivity index (χ1v) is 6.15. The number of carbonyl (C=O) groups excluding carboxylic acids is 1. The van der Waals surface area contributed by atoms with Gasteiger partial charge in [0.1, 0.15) is 0 Å². The minimum atomic E-state index is -0.0186. The summed E-state index contributed by atoms with van der Waals surface area (Å²) in [6.45, 7) is 0. The molecule has 0 saturated carbocycles. The zero-order valence-electron chi connectivity index (χ0n) is 10.6. The van der Waals surface area contributed by atoms with E-state index in [1.807, 2.05) is 18.2 Å². The van der Waals surface area contributed by atoms with Crippen LogP contribution in [0.25, 0.3) is 0 Å². The minimum absolute atomic E-state index is 0.0186. The van der Waals surface area contributed by atoms with Crippen molar-refractivity contribution in [3.8, 4) is 6.07 Å². The Morgan fingerprint density at radius 3 is 2.70 bits per heavy atom. The standard InChI is InChI=1S/C15H12N4O/c16-8-9-1-3-11(4-2-9)18-14-7-13-10(5-12(14)17)6-15(20)19-13/h1-5,7,18H,6,17H2,(H,19,20). The van der Waals surface area contributed by atoms with Gasteiger partial charge >= 0.3 is 0 Å². The maximum Gasteiger partial charge on any atom is 0.228 e. The second-order valence-corrected chi connectivity index (χ2v) is 4.64. The van der Waals surface area contributed by atoms with Crippen molar-refractivity contribution >= 4 is 28.7 Å². The predicted molar refractivity (Wildman–Crippen MR) is 77.6 cm³/mol. The molecule has 0 aliphatic carbocycles. The molecule has 2 aromatic carbocycles. The number of nitrogens with zero attached hydrogens (tertiary/aromatic N) is 1. The third kappa shape index (κ3) is 2.15. The summed E-state index contributed by atoms with van der Waals surface area (Å²) in [4.78, 5) is 11.3. The average Bonchev–Trinajstić information content (AvgIpc) is 2.79. The van der Waals surface area contributed by atoms with Gasteiger partial charge in [0.05, 0.1) is 29.4 Å². The quantitative estimate of drug-likeness (QED) is 0.726. The van der Waals surface area contributed by atoms with Crippen LogP contribution in [-0.2, 0) is 11.2 Å². The highest BCUT2D eigenvalue weighted by molar-refractivity contribution is 6.01. The van der Waals surface area contributed by atoms with Crippen LogP contribution in [0.15, 0.2) is 36.4 Å². The highest BCUT2D eigenvalue weighted by Crippen LogP contribution is 2.33. The van der Waals surface area contributed by atoms with Crippen LogP contribution >= 0.6 is 0 Å². The summed E-state index contributed by atoms with van der Waals surface area (Å²) in [5, 5.41) is 14.7. The molecule has 0 fully saturated rings. The smallest absolute Gasteiger partial charge is 0.228 e. The number of nitrogens with two attached hydrogens (primary N) is 1. The first-order valence-electron chi connectivity index (χ1n) is 6.15. The van der Waals surface area contributed by atoms with Crippen LogP contribution < -0.4 is 16.4 Å². The summed E-state index contributed by atoms with van der Waals surface area (Å²) in [7, 11) is 0. The molecule has 0 bridgehead atoms. The molecular formula is C15H12N4O. The molecule has 5 heteroatoms. The Kier molecular flexibility index (Phi) is 2.77. The summed E-state index contributed by atoms with van der Waals surface area (Å²) in [6, 6.07) is 12.8. The number of nitrogen functional groups attached to an aromatic ring is 1. The summed E-state index contributed by atoms with van der Waals surface area (Å²) in [5.74, 6) is -0.0186. The highest BCUT2D eigenvalue weighted by Gasteiger charge is 2.19. The van der Waals surface area contributed by atoms with Crippen molar-refractivity contribution in [2.24, 2.45) is 0 Å². The zero-order valence-corrected chi connectivity index (χ0v) is 10.6. The van der Waals surface area contributed by atoms with Gasteiger partial charge in [-0.1, -0.05) is 0 Å². The maximum atomic E-state index is 11.3. The van der Waals surface area contributed by atoms with Crippen LogP contribution in [0.5, 0.6) is 0 Å². The molecule has 1 aliphatic rings. The summed E-state index contributed by atoms with van der Waals surface area (Å²) < 4.78 is 0. The first-order chi connectivity index (χ1) is 9.65. The molecule has 0 spiro atoms. The van der Waals surface area contributed by atoms with Gasteiger partial charge in [0.25, 0.3) is 0 Å². The summed E-state index contributed by atoms with van der Waals surface area (Å²) >= 11 is 0. The van der Waals surface area contributed by atoms with Crippen molar-refractivity contribution in [2.75, 3.05) is 16.4 Å². The van der Waals surface area contributed by atoms with Gasteiger partial charge in [0, 0.05) is 11.4 Å². The molecule has 0 atom stereocenters. The van der Waals surface area contributed by atoms with Crippen molar-refractivity contribution in [1.82, 2.24) is 0 Å². The van der Waals surface area contributed by atoms with E-state index in [1.54, 1.807) is 18.2 Å². The molecule has 1 amide bonds. The number of anilines is 4. The van der Waals surface area contributed by atoms with Gasteiger partial charge in [-0.3, -0.25) is 4.79 Å². The minimum Gasteiger partial charge on any atom is -0.397 e. The lowest BCUT2D eigenvalue weighted by Gasteiger charge is -2.11. The number of amides is 1. The van der Waals surface area contributed by atoms with Crippen LogP contribution in [0.4, 0.5) is 22.7 Å². The molecule has 5 nitrogen and oxygen atoms in total. The molecular weight excluding hydrogens is 252 g/mol. The largest absolute Gasteiger partial charge is 0.397 e. The molecule has 0 aromatic heterocycles. The SMILES string of the molecule is N#Cc1ccc(Nc2cc3c(cc2N)CC(=O)N3)cc1. The van der Waals surface area contributed by atoms with Crippen molar-refractivity contribution in [1.29, 1.82) is 5.26 Å². The molecule has 20 heavy (non-hydrogen) atoms. The molecule has 98 valence electrons. The van der Waals surface area contributed by atoms with E-state index in [2.05, 4.69) is 16.7 Å². The Morgan fingerprint density at radius 2 is 2.00 bits per heavy atom. The molecule has 4 N–H and O–H groups in total. The Hall–Kier alpha value is -3.00. The fourth-order valence-electron chi connectivity index (χ4n) is 2.19. The first kappa shape index (κ1) is 12.1. The van der Waals surface area contributed by atoms with Crippen molar-refractivity contribution in [2.45, 2.75) is 6.42 Å². The third-order valence-corrected chi connectivity index (χ3v) is 3.19. The van der Waals surface area contributed by atoms with E-state index in [0.717, 1.165) is 22.6 Å². The number of benzene rings is 2. The fraction of sp³-hybridized carbons (Fsp3) is 0.0667. The van der Waals surface area contributed by atoms with Crippen molar-refractivity contribution < 1.29 is 4.79 Å². The Morgan fingerprint density at radius 1 is 1.25 bits per heavy atom. The zero-order chi connectivity index (χ0) is 14.1. The van der Waals surface area contributed by atoms with E-state index in [9.17, 15) is 4.79 Å². The molecule has 1 aliphatic heterocycles. The summed E-state index contributed by atoms with van der Waals surface area (Å²) in [6.07, 6.45) is 0.372. The van der Waals surface area contributed by atoms with Crippen molar-refractivity contribution in [3.63, 3.8) is 0 Å². The Labute approximate surface area is 116 Å². The lowest BCUT2D eigenvalue weighted by Crippen LogP contribution is -2.03.